The Kier molecular flexibility index (Phi) is 6.06. The molecule has 2 aromatic heterocycles. The fraction of sp³-hybridized carbons (Fsp3) is 0. The van der Waals surface area contributed by atoms with Crippen LogP contribution in [0.3, 0.4) is 0 Å². The monoisotopic (exact) mass is 515 g/mol. The van der Waals surface area contributed by atoms with Crippen LogP contribution >= 0.6 is 0 Å². The molecule has 0 aliphatic rings. The lowest BCUT2D eigenvalue weighted by molar-refractivity contribution is -0.121. The molecular formula is C30H17N3O6. The second-order valence-electron chi connectivity index (χ2n) is 8.41. The summed E-state index contributed by atoms with van der Waals surface area (Å²) in [6.45, 7) is 0.261. The van der Waals surface area contributed by atoms with E-state index in [2.05, 4.69) is 15.0 Å². The maximum Gasteiger partial charge on any atom is 0.347 e. The van der Waals surface area contributed by atoms with Gasteiger partial charge in [0, 0.05) is 16.7 Å². The lowest BCUT2D eigenvalue weighted by Gasteiger charge is -2.10. The molecule has 6 aromatic rings. The summed E-state index contributed by atoms with van der Waals surface area (Å²) in [6, 6.07) is 27.3. The van der Waals surface area contributed by atoms with E-state index in [1.54, 1.807) is 91.0 Å². The van der Waals surface area contributed by atoms with Gasteiger partial charge in [-0.1, -0.05) is 42.5 Å². The maximum absolute atomic E-state index is 12.7. The van der Waals surface area contributed by atoms with Gasteiger partial charge in [0.1, 0.15) is 0 Å². The van der Waals surface area contributed by atoms with Crippen molar-refractivity contribution in [1.29, 1.82) is 0 Å². The number of carbonyl (C=O) groups excluding carboxylic acids is 1. The summed E-state index contributed by atoms with van der Waals surface area (Å²) < 4.78 is 16.3. The van der Waals surface area contributed by atoms with Crippen molar-refractivity contribution in [3.63, 3.8) is 0 Å². The van der Waals surface area contributed by atoms with E-state index in [1.165, 1.54) is 0 Å². The van der Waals surface area contributed by atoms with Gasteiger partial charge in [-0.15, -0.1) is 0 Å². The summed E-state index contributed by atoms with van der Waals surface area (Å²) in [4.78, 5) is 50.3. The predicted molar refractivity (Wildman–Crippen MR) is 145 cm³/mol. The Bertz CT molecular complexity index is 1900. The van der Waals surface area contributed by atoms with E-state index in [0.717, 1.165) is 0 Å². The van der Waals surface area contributed by atoms with Gasteiger partial charge in [0.15, 0.2) is 0 Å². The third kappa shape index (κ3) is 4.72. The highest BCUT2D eigenvalue weighted by Gasteiger charge is 2.18. The average Bonchev–Trinajstić information content (AvgIpc) is 2.97. The molecular weight excluding hydrogens is 498 g/mol. The average molecular weight is 515 g/mol. The second kappa shape index (κ2) is 9.98. The van der Waals surface area contributed by atoms with Crippen molar-refractivity contribution in [2.75, 3.05) is 0 Å². The smallest absolute Gasteiger partial charge is 0.347 e. The molecule has 0 aliphatic heterocycles. The molecule has 0 aliphatic carbocycles. The SMILES string of the molecule is O=CO/C(=N\c1ccccc1)c1cc(-c2nc3ccccc3c(=O)o2)cc(-c2nc3ccccc3c(=O)o2)c1. The topological polar surface area (TPSA) is 125 Å². The Morgan fingerprint density at radius 3 is 1.74 bits per heavy atom. The predicted octanol–water partition coefficient (Wildman–Crippen LogP) is 5.27. The van der Waals surface area contributed by atoms with E-state index in [-0.39, 0.29) is 24.2 Å². The quantitative estimate of drug-likeness (QED) is 0.173. The van der Waals surface area contributed by atoms with Crippen molar-refractivity contribution in [3.8, 4) is 22.9 Å². The van der Waals surface area contributed by atoms with Crippen molar-refractivity contribution in [1.82, 2.24) is 9.97 Å². The van der Waals surface area contributed by atoms with Gasteiger partial charge in [-0.25, -0.2) is 24.5 Å². The summed E-state index contributed by atoms with van der Waals surface area (Å²) in [5, 5.41) is 0.658. The first kappa shape index (κ1) is 23.7. The van der Waals surface area contributed by atoms with Crippen LogP contribution in [0.5, 0.6) is 0 Å². The highest BCUT2D eigenvalue weighted by molar-refractivity contribution is 6.01. The van der Waals surface area contributed by atoms with E-state index in [0.29, 0.717) is 44.2 Å². The number of fused-ring (bicyclic) bond motifs is 2. The summed E-state index contributed by atoms with van der Waals surface area (Å²) in [6.07, 6.45) is 0. The van der Waals surface area contributed by atoms with Crippen molar-refractivity contribution >= 4 is 39.9 Å². The fourth-order valence-electron chi connectivity index (χ4n) is 4.11. The van der Waals surface area contributed by atoms with E-state index in [1.807, 2.05) is 6.07 Å². The van der Waals surface area contributed by atoms with E-state index < -0.39 is 11.3 Å². The first-order valence-corrected chi connectivity index (χ1v) is 11.8. The number of para-hydroxylation sites is 3. The van der Waals surface area contributed by atoms with Gasteiger partial charge in [0.05, 0.1) is 27.5 Å². The maximum atomic E-state index is 12.7. The number of hydrogen-bond acceptors (Lipinski definition) is 9. The van der Waals surface area contributed by atoms with Crippen molar-refractivity contribution in [2.24, 2.45) is 4.99 Å². The van der Waals surface area contributed by atoms with Gasteiger partial charge < -0.3 is 13.6 Å². The summed E-state index contributed by atoms with van der Waals surface area (Å²) >= 11 is 0. The van der Waals surface area contributed by atoms with Crippen molar-refractivity contribution < 1.29 is 18.4 Å². The molecule has 0 saturated heterocycles. The van der Waals surface area contributed by atoms with Crippen LogP contribution in [-0.2, 0) is 9.53 Å². The molecule has 0 amide bonds. The molecule has 0 spiro atoms. The van der Waals surface area contributed by atoms with Crippen molar-refractivity contribution in [3.05, 3.63) is 123 Å². The molecule has 0 bridgehead atoms. The Morgan fingerprint density at radius 2 is 1.21 bits per heavy atom. The van der Waals surface area contributed by atoms with Crippen LogP contribution in [0.25, 0.3) is 44.7 Å². The minimum Gasteiger partial charge on any atom is -0.409 e. The molecule has 0 N–H and O–H groups in total. The Hall–Kier alpha value is -5.70. The zero-order valence-electron chi connectivity index (χ0n) is 20.1. The summed E-state index contributed by atoms with van der Waals surface area (Å²) in [5.74, 6) is -0.0178. The normalized spacial score (nSPS) is 11.5. The van der Waals surface area contributed by atoms with Crippen LogP contribution in [-0.4, -0.2) is 22.3 Å². The molecule has 0 saturated carbocycles. The molecule has 9 heteroatoms. The number of rotatable bonds is 5. The lowest BCUT2D eigenvalue weighted by Crippen LogP contribution is -2.08. The standard InChI is InChI=1S/C30H17N3O6/c34-17-37-26(31-21-8-2-1-3-9-21)18-14-19(27-32-24-12-6-4-10-22(24)29(35)38-27)16-20(15-18)28-33-25-13-7-5-11-23(25)30(36)39-28/h1-17H/b31-26-. The van der Waals surface area contributed by atoms with Gasteiger partial charge in [-0.3, -0.25) is 4.79 Å². The Morgan fingerprint density at radius 1 is 0.692 bits per heavy atom. The first-order valence-electron chi connectivity index (χ1n) is 11.8. The fourth-order valence-corrected chi connectivity index (χ4v) is 4.11. The van der Waals surface area contributed by atoms with Crippen LogP contribution in [0, 0.1) is 0 Å². The van der Waals surface area contributed by atoms with E-state index in [4.69, 9.17) is 13.6 Å². The van der Waals surface area contributed by atoms with Crippen molar-refractivity contribution in [2.45, 2.75) is 0 Å². The highest BCUT2D eigenvalue weighted by atomic mass is 16.5. The molecule has 9 nitrogen and oxygen atoms in total. The van der Waals surface area contributed by atoms with E-state index in [9.17, 15) is 14.4 Å². The largest absolute Gasteiger partial charge is 0.409 e. The second-order valence-corrected chi connectivity index (χ2v) is 8.41. The number of ether oxygens (including phenoxy) is 1. The van der Waals surface area contributed by atoms with Crippen LogP contribution < -0.4 is 11.3 Å². The van der Waals surface area contributed by atoms with Gasteiger partial charge in [-0.05, 0) is 54.6 Å². The van der Waals surface area contributed by atoms with Gasteiger partial charge in [0.25, 0.3) is 6.47 Å². The number of nitrogens with zero attached hydrogens (tertiary/aromatic N) is 3. The van der Waals surface area contributed by atoms with Gasteiger partial charge >= 0.3 is 11.3 Å². The first-order chi connectivity index (χ1) is 19.1. The molecule has 6 rings (SSSR count). The minimum atomic E-state index is -0.569. The Labute approximate surface area is 219 Å². The van der Waals surface area contributed by atoms with Gasteiger partial charge in [-0.2, -0.15) is 0 Å². The number of hydrogen-bond donors (Lipinski definition) is 0. The summed E-state index contributed by atoms with van der Waals surface area (Å²) in [5.41, 5.74) is 1.29. The molecule has 0 fully saturated rings. The van der Waals surface area contributed by atoms with Crippen LogP contribution in [0.1, 0.15) is 5.56 Å². The molecule has 4 aromatic carbocycles. The zero-order valence-corrected chi connectivity index (χ0v) is 20.1. The van der Waals surface area contributed by atoms with Crippen LogP contribution in [0.15, 0.2) is 120 Å². The molecule has 0 radical (unpaired) electrons. The summed E-state index contributed by atoms with van der Waals surface area (Å²) in [7, 11) is 0. The van der Waals surface area contributed by atoms with Crippen LogP contribution in [0.4, 0.5) is 5.69 Å². The molecule has 0 atom stereocenters. The third-order valence-corrected chi connectivity index (χ3v) is 5.89. The zero-order chi connectivity index (χ0) is 26.8. The minimum absolute atomic E-state index is 0.00935. The van der Waals surface area contributed by atoms with Gasteiger partial charge in [0.2, 0.25) is 17.7 Å². The lowest BCUT2D eigenvalue weighted by atomic mass is 10.0. The molecule has 2 heterocycles. The number of aromatic nitrogens is 2. The molecule has 39 heavy (non-hydrogen) atoms. The number of benzene rings is 4. The molecule has 188 valence electrons. The number of carbonyl (C=O) groups is 1. The Balaban J connectivity index is 1.61. The highest BCUT2D eigenvalue weighted by Crippen LogP contribution is 2.28. The van der Waals surface area contributed by atoms with Crippen LogP contribution in [0.2, 0.25) is 0 Å². The number of aliphatic imine (C=N–C) groups is 1. The third-order valence-electron chi connectivity index (χ3n) is 5.89. The molecule has 0 unspecified atom stereocenters. The van der Waals surface area contributed by atoms with E-state index >= 15 is 0 Å².